The van der Waals surface area contributed by atoms with Gasteiger partial charge in [-0.1, -0.05) is 192 Å². The van der Waals surface area contributed by atoms with Crippen molar-refractivity contribution < 1.29 is 68.8 Å². The van der Waals surface area contributed by atoms with Crippen LogP contribution in [0.25, 0.3) is 21.5 Å². The zero-order valence-electron chi connectivity index (χ0n) is 52.4. The zero-order valence-corrected chi connectivity index (χ0v) is 52.4. The Hall–Kier alpha value is -5.86. The van der Waals surface area contributed by atoms with Crippen LogP contribution in [0.1, 0.15) is 229 Å². The Kier molecular flexibility index (Phi) is 31.8. The van der Waals surface area contributed by atoms with Gasteiger partial charge in [0.1, 0.15) is 42.8 Å². The van der Waals surface area contributed by atoms with E-state index in [0.29, 0.717) is 54.2 Å². The summed E-state index contributed by atoms with van der Waals surface area (Å²) < 4.78 is 124. The van der Waals surface area contributed by atoms with Gasteiger partial charge in [0, 0.05) is 0 Å². The minimum atomic E-state index is -4.56. The van der Waals surface area contributed by atoms with Crippen LogP contribution in [0.2, 0.25) is 0 Å². The minimum Gasteiger partial charge on any atom is -0.493 e. The second kappa shape index (κ2) is 38.5. The lowest BCUT2D eigenvalue weighted by Crippen LogP contribution is -2.35. The van der Waals surface area contributed by atoms with Gasteiger partial charge in [-0.05, 0) is 145 Å². The molecule has 0 saturated heterocycles. The molecule has 0 aromatic heterocycles. The van der Waals surface area contributed by atoms with Crippen molar-refractivity contribution in [2.24, 2.45) is 11.8 Å². The Morgan fingerprint density at radius 3 is 1.49 bits per heavy atom. The van der Waals surface area contributed by atoms with Crippen LogP contribution in [-0.2, 0) is 19.1 Å². The summed E-state index contributed by atoms with van der Waals surface area (Å²) >= 11 is 0. The highest BCUT2D eigenvalue weighted by Crippen LogP contribution is 2.35. The Morgan fingerprint density at radius 2 is 0.920 bits per heavy atom. The number of carbonyl (C=O) groups is 3. The summed E-state index contributed by atoms with van der Waals surface area (Å²) in [6.07, 6.45) is 8.98. The first-order valence-electron chi connectivity index (χ1n) is 32.5. The number of hydrogen-bond acceptors (Lipinski definition) is 8. The number of esters is 3. The quantitative estimate of drug-likeness (QED) is 0.0168. The van der Waals surface area contributed by atoms with E-state index in [2.05, 4.69) is 6.92 Å². The van der Waals surface area contributed by atoms with E-state index in [9.17, 15) is 45.1 Å². The molecule has 6 rings (SSSR count). The van der Waals surface area contributed by atoms with Gasteiger partial charge in [0.05, 0.1) is 24.0 Å². The van der Waals surface area contributed by atoms with Gasteiger partial charge in [-0.2, -0.15) is 13.2 Å². The topological polar surface area (TPSA) is 97.4 Å². The van der Waals surface area contributed by atoms with E-state index in [1.165, 1.54) is 94.9 Å². The van der Waals surface area contributed by atoms with E-state index in [1.807, 2.05) is 51.1 Å². The lowest BCUT2D eigenvalue weighted by molar-refractivity contribution is -0.223. The molecule has 8 nitrogen and oxygen atoms in total. The largest absolute Gasteiger partial charge is 0.493 e. The fourth-order valence-corrected chi connectivity index (χ4v) is 10.9. The Labute approximate surface area is 513 Å². The zero-order chi connectivity index (χ0) is 63.1. The first kappa shape index (κ1) is 71.9. The predicted octanol–water partition coefficient (Wildman–Crippen LogP) is 20.9. The normalized spacial score (nSPS) is 16.8. The van der Waals surface area contributed by atoms with Crippen LogP contribution in [0.4, 0.5) is 30.7 Å². The molecule has 1 saturated carbocycles. The van der Waals surface area contributed by atoms with Crippen LogP contribution in [-0.4, -0.2) is 74.7 Å². The highest BCUT2D eigenvalue weighted by Gasteiger charge is 2.43. The molecule has 1 fully saturated rings. The summed E-state index contributed by atoms with van der Waals surface area (Å²) in [6.45, 7) is 11.2. The van der Waals surface area contributed by atoms with E-state index >= 15 is 0 Å². The predicted molar refractivity (Wildman–Crippen MR) is 334 cm³/mol. The van der Waals surface area contributed by atoms with Crippen molar-refractivity contribution in [2.75, 3.05) is 19.8 Å². The molecule has 87 heavy (non-hydrogen) atoms. The Balaban J connectivity index is 0.000000318. The summed E-state index contributed by atoms with van der Waals surface area (Å²) in [5, 5.41) is 3.43. The number of halogens is 7. The molecule has 1 aliphatic rings. The maximum Gasteiger partial charge on any atom is 0.425 e. The molecule has 482 valence electrons. The third kappa shape index (κ3) is 25.3. The average Bonchev–Trinajstić information content (AvgIpc) is 1.77. The lowest BCUT2D eigenvalue weighted by Gasteiger charge is -2.28. The van der Waals surface area contributed by atoms with E-state index in [0.717, 1.165) is 78.3 Å². The molecule has 0 radical (unpaired) electrons. The standard InChI is InChI=1S/C36H44F4O5.C36H53F3O3/c1-4-6-8-10-31(37)33(39)22-43-29-17-14-25(15-18-29)36(42)45-30-19-16-27-20-26(12-13-28(27)21-30)24(3)35(41)44-23-34(40)32(38)11-9-7-5-2;1-4-6-8-10-11-12-14-28-16-18-29(19-17-28)26-41-33-23-22-31-24-30(20-21-32(31)25-33)27(3)35(40)42-34(36(37,38)39)15-13-9-7-5-2/h12-21,24,31-34H,4-11,22-23H2,1-3H3;20-25,27-29,34H,4-19,26H2,1-3H3/t24-,31+,32+,33+,34+;27-,28?,29?,34-/m00/s1. The van der Waals surface area contributed by atoms with Crippen LogP contribution in [0.3, 0.4) is 0 Å². The second-order valence-corrected chi connectivity index (χ2v) is 24.0. The first-order chi connectivity index (χ1) is 41.8. The number of alkyl halides is 7. The van der Waals surface area contributed by atoms with Gasteiger partial charge in [0.15, 0.2) is 18.4 Å². The van der Waals surface area contributed by atoms with E-state index in [4.69, 9.17) is 23.7 Å². The maximum absolute atomic E-state index is 14.1. The first-order valence-corrected chi connectivity index (χ1v) is 32.5. The van der Waals surface area contributed by atoms with Crippen molar-refractivity contribution in [2.45, 2.75) is 244 Å². The molecule has 0 bridgehead atoms. The second-order valence-electron chi connectivity index (χ2n) is 24.0. The van der Waals surface area contributed by atoms with Crippen LogP contribution in [0.5, 0.6) is 17.2 Å². The summed E-state index contributed by atoms with van der Waals surface area (Å²) in [6, 6.07) is 27.8. The van der Waals surface area contributed by atoms with Gasteiger partial charge >= 0.3 is 24.1 Å². The van der Waals surface area contributed by atoms with Crippen molar-refractivity contribution >= 4 is 39.5 Å². The molecule has 0 spiro atoms. The molecule has 0 unspecified atom stereocenters. The maximum atomic E-state index is 14.1. The van der Waals surface area contributed by atoms with Gasteiger partial charge in [-0.25, -0.2) is 22.4 Å². The monoisotopic (exact) mass is 1220 g/mol. The highest BCUT2D eigenvalue weighted by atomic mass is 19.4. The fourth-order valence-electron chi connectivity index (χ4n) is 10.9. The number of hydrogen-bond donors (Lipinski definition) is 0. The van der Waals surface area contributed by atoms with Crippen LogP contribution in [0, 0.1) is 11.8 Å². The number of fused-ring (bicyclic) bond motifs is 2. The van der Waals surface area contributed by atoms with Gasteiger partial charge in [-0.3, -0.25) is 9.59 Å². The Bertz CT molecular complexity index is 2780. The van der Waals surface area contributed by atoms with Gasteiger partial charge in [0.2, 0.25) is 0 Å². The average molecular weight is 1220 g/mol. The SMILES string of the molecule is CCCCCCCCC1CCC(COc2ccc3cc([C@H](C)C(=O)O[C@@H](CCCCCC)C(F)(F)F)ccc3c2)CC1.CCCCC[C@@H](F)[C@H](F)COC(=O)[C@@H](C)c1ccc2cc(OC(=O)c3ccc(OC[C@@H](F)[C@H](F)CCCCC)cc3)ccc2c1. The number of rotatable bonds is 37. The summed E-state index contributed by atoms with van der Waals surface area (Å²) in [7, 11) is 0. The summed E-state index contributed by atoms with van der Waals surface area (Å²) in [5.41, 5.74) is 1.54. The molecule has 5 aromatic rings. The fraction of sp³-hybridized carbons (Fsp3) is 0.597. The minimum absolute atomic E-state index is 0.107. The van der Waals surface area contributed by atoms with Gasteiger partial charge < -0.3 is 23.7 Å². The highest BCUT2D eigenvalue weighted by molar-refractivity contribution is 5.93. The third-order valence-corrected chi connectivity index (χ3v) is 16.8. The van der Waals surface area contributed by atoms with E-state index in [1.54, 1.807) is 56.3 Å². The number of unbranched alkanes of at least 4 members (excludes halogenated alkanes) is 12. The van der Waals surface area contributed by atoms with Crippen molar-refractivity contribution in [3.63, 3.8) is 0 Å². The number of benzene rings is 5. The smallest absolute Gasteiger partial charge is 0.425 e. The van der Waals surface area contributed by atoms with E-state index in [-0.39, 0.29) is 24.8 Å². The summed E-state index contributed by atoms with van der Waals surface area (Å²) in [4.78, 5) is 37.9. The molecule has 0 N–H and O–H groups in total. The van der Waals surface area contributed by atoms with Crippen molar-refractivity contribution in [3.8, 4) is 17.2 Å². The molecule has 0 aliphatic heterocycles. The van der Waals surface area contributed by atoms with Crippen molar-refractivity contribution in [3.05, 3.63) is 114 Å². The van der Waals surface area contributed by atoms with Crippen molar-refractivity contribution in [1.29, 1.82) is 0 Å². The van der Waals surface area contributed by atoms with Crippen LogP contribution < -0.4 is 14.2 Å². The molecular weight excluding hydrogens is 1130 g/mol. The molecule has 15 heteroatoms. The van der Waals surface area contributed by atoms with Crippen LogP contribution >= 0.6 is 0 Å². The Morgan fingerprint density at radius 1 is 0.471 bits per heavy atom. The molecule has 0 amide bonds. The molecule has 0 heterocycles. The number of ether oxygens (including phenoxy) is 5. The van der Waals surface area contributed by atoms with Crippen molar-refractivity contribution in [1.82, 2.24) is 0 Å². The molecular formula is C72H97F7O8. The van der Waals surface area contributed by atoms with E-state index < -0.39 is 79.9 Å². The third-order valence-electron chi connectivity index (χ3n) is 16.8. The summed E-state index contributed by atoms with van der Waals surface area (Å²) in [5.74, 6) is -0.641. The molecule has 5 aromatic carbocycles. The van der Waals surface area contributed by atoms with Gasteiger partial charge in [0.25, 0.3) is 0 Å². The van der Waals surface area contributed by atoms with Gasteiger partial charge in [-0.15, -0.1) is 0 Å². The van der Waals surface area contributed by atoms with Crippen LogP contribution in [0.15, 0.2) is 97.1 Å². The molecule has 7 atom stereocenters. The molecule has 1 aliphatic carbocycles. The lowest BCUT2D eigenvalue weighted by atomic mass is 9.80. The number of carbonyl (C=O) groups excluding carboxylic acids is 3.